The summed E-state index contributed by atoms with van der Waals surface area (Å²) in [6.45, 7) is 6.58. The van der Waals surface area contributed by atoms with Crippen molar-refractivity contribution >= 4 is 16.8 Å². The number of nitrogens with one attached hydrogen (secondary N) is 1. The minimum Gasteiger partial charge on any atom is -0.361 e. The van der Waals surface area contributed by atoms with Crippen LogP contribution in [0.3, 0.4) is 0 Å². The van der Waals surface area contributed by atoms with E-state index >= 15 is 0 Å². The van der Waals surface area contributed by atoms with E-state index in [1.54, 1.807) is 13.0 Å². The molecule has 1 aliphatic rings. The first-order valence-corrected chi connectivity index (χ1v) is 9.90. The highest BCUT2D eigenvalue weighted by molar-refractivity contribution is 5.94. The lowest BCUT2D eigenvalue weighted by atomic mass is 9.93. The highest BCUT2D eigenvalue weighted by Gasteiger charge is 2.36. The standard InChI is InChI=1S/C22H23N5O2/c1-13(2)27-12-15(11-23-27)21-20-17(16-6-4-5-7-18(16)24-20)8-9-26(21)22(28)19-10-14(3)29-25-19/h4-7,10-13,21,24H,8-9H2,1-3H3/t21-/m0/s1. The highest BCUT2D eigenvalue weighted by Crippen LogP contribution is 2.39. The number of aromatic amines is 1. The fourth-order valence-electron chi connectivity index (χ4n) is 4.20. The number of hydrogen-bond acceptors (Lipinski definition) is 4. The number of aromatic nitrogens is 4. The van der Waals surface area contributed by atoms with Crippen molar-refractivity contribution < 1.29 is 9.32 Å². The van der Waals surface area contributed by atoms with Crippen LogP contribution in [0, 0.1) is 6.92 Å². The Morgan fingerprint density at radius 3 is 2.86 bits per heavy atom. The zero-order chi connectivity index (χ0) is 20.1. The van der Waals surface area contributed by atoms with Gasteiger partial charge in [0.2, 0.25) is 0 Å². The number of benzene rings is 1. The number of rotatable bonds is 3. The molecule has 7 nitrogen and oxygen atoms in total. The minimum absolute atomic E-state index is 0.131. The largest absolute Gasteiger partial charge is 0.361 e. The normalized spacial score (nSPS) is 16.6. The van der Waals surface area contributed by atoms with Crippen LogP contribution in [0.4, 0.5) is 0 Å². The Labute approximate surface area is 168 Å². The van der Waals surface area contributed by atoms with Crippen molar-refractivity contribution in [1.82, 2.24) is 24.8 Å². The van der Waals surface area contributed by atoms with Crippen molar-refractivity contribution in [3.8, 4) is 0 Å². The Kier molecular flexibility index (Phi) is 4.04. The van der Waals surface area contributed by atoms with E-state index in [1.165, 1.54) is 10.9 Å². The van der Waals surface area contributed by atoms with Crippen LogP contribution in [0.2, 0.25) is 0 Å². The smallest absolute Gasteiger partial charge is 0.276 e. The van der Waals surface area contributed by atoms with E-state index in [0.29, 0.717) is 18.0 Å². The summed E-state index contributed by atoms with van der Waals surface area (Å²) in [6, 6.07) is 9.99. The van der Waals surface area contributed by atoms with E-state index < -0.39 is 0 Å². The van der Waals surface area contributed by atoms with E-state index in [1.807, 2.05) is 28.0 Å². The first-order chi connectivity index (χ1) is 14.0. The Morgan fingerprint density at radius 1 is 1.31 bits per heavy atom. The molecular formula is C22H23N5O2. The number of para-hydroxylation sites is 1. The van der Waals surface area contributed by atoms with Gasteiger partial charge in [0.15, 0.2) is 5.69 Å². The number of carbonyl (C=O) groups is 1. The lowest BCUT2D eigenvalue weighted by Gasteiger charge is -2.35. The molecule has 148 valence electrons. The summed E-state index contributed by atoms with van der Waals surface area (Å²) in [5.41, 5.74) is 4.73. The second-order valence-electron chi connectivity index (χ2n) is 7.88. The van der Waals surface area contributed by atoms with Crippen molar-refractivity contribution in [2.75, 3.05) is 6.54 Å². The number of nitrogens with zero attached hydrogens (tertiary/aromatic N) is 4. The number of aryl methyl sites for hydroxylation is 1. The molecule has 4 heterocycles. The number of fused-ring (bicyclic) bond motifs is 3. The molecule has 7 heteroatoms. The molecule has 0 saturated heterocycles. The van der Waals surface area contributed by atoms with Crippen LogP contribution in [0.1, 0.15) is 59.0 Å². The topological polar surface area (TPSA) is 80.0 Å². The second kappa shape index (κ2) is 6.62. The lowest BCUT2D eigenvalue weighted by Crippen LogP contribution is -2.40. The van der Waals surface area contributed by atoms with Crippen molar-refractivity contribution in [3.05, 3.63) is 71.0 Å². The van der Waals surface area contributed by atoms with Gasteiger partial charge in [0, 0.05) is 47.0 Å². The number of amides is 1. The van der Waals surface area contributed by atoms with Gasteiger partial charge >= 0.3 is 0 Å². The van der Waals surface area contributed by atoms with Gasteiger partial charge in [-0.05, 0) is 38.8 Å². The van der Waals surface area contributed by atoms with Gasteiger partial charge in [0.05, 0.1) is 6.20 Å². The third-order valence-electron chi connectivity index (χ3n) is 5.61. The zero-order valence-electron chi connectivity index (χ0n) is 16.7. The molecule has 0 fully saturated rings. The summed E-state index contributed by atoms with van der Waals surface area (Å²) >= 11 is 0. The molecule has 1 aromatic carbocycles. The molecule has 3 aromatic heterocycles. The number of hydrogen-bond donors (Lipinski definition) is 1. The van der Waals surface area contributed by atoms with E-state index in [2.05, 4.69) is 47.3 Å². The van der Waals surface area contributed by atoms with Gasteiger partial charge in [0.25, 0.3) is 5.91 Å². The number of carbonyl (C=O) groups excluding carboxylic acids is 1. The Bertz CT molecular complexity index is 1200. The first-order valence-electron chi connectivity index (χ1n) is 9.90. The Hall–Kier alpha value is -3.35. The van der Waals surface area contributed by atoms with Crippen LogP contribution in [0.25, 0.3) is 10.9 Å². The zero-order valence-corrected chi connectivity index (χ0v) is 16.7. The molecule has 4 aromatic rings. The molecule has 0 bridgehead atoms. The van der Waals surface area contributed by atoms with E-state index in [0.717, 1.165) is 23.2 Å². The summed E-state index contributed by atoms with van der Waals surface area (Å²) in [4.78, 5) is 18.8. The summed E-state index contributed by atoms with van der Waals surface area (Å²) in [6.07, 6.45) is 4.68. The fourth-order valence-corrected chi connectivity index (χ4v) is 4.20. The molecule has 29 heavy (non-hydrogen) atoms. The Balaban J connectivity index is 1.65. The van der Waals surface area contributed by atoms with Gasteiger partial charge in [-0.15, -0.1) is 0 Å². The van der Waals surface area contributed by atoms with Gasteiger partial charge < -0.3 is 14.4 Å². The predicted molar refractivity (Wildman–Crippen MR) is 109 cm³/mol. The molecule has 0 unspecified atom stereocenters. The third kappa shape index (κ3) is 2.85. The SMILES string of the molecule is Cc1cc(C(=O)N2CCc3c([nH]c4ccccc34)[C@@H]2c2cnn(C(C)C)c2)no1. The van der Waals surface area contributed by atoms with Gasteiger partial charge in [-0.3, -0.25) is 9.48 Å². The van der Waals surface area contributed by atoms with Crippen molar-refractivity contribution in [2.45, 2.75) is 39.3 Å². The average molecular weight is 389 g/mol. The molecule has 1 atom stereocenters. The van der Waals surface area contributed by atoms with E-state index in [9.17, 15) is 4.79 Å². The van der Waals surface area contributed by atoms with Crippen molar-refractivity contribution in [1.29, 1.82) is 0 Å². The first kappa shape index (κ1) is 17.7. The quantitative estimate of drug-likeness (QED) is 0.574. The average Bonchev–Trinajstić information content (AvgIpc) is 3.44. The summed E-state index contributed by atoms with van der Waals surface area (Å²) < 4.78 is 7.07. The van der Waals surface area contributed by atoms with Crippen LogP contribution in [-0.4, -0.2) is 37.3 Å². The van der Waals surface area contributed by atoms with Crippen LogP contribution >= 0.6 is 0 Å². The van der Waals surface area contributed by atoms with Crippen molar-refractivity contribution in [3.63, 3.8) is 0 Å². The van der Waals surface area contributed by atoms with Gasteiger partial charge in [0.1, 0.15) is 11.8 Å². The molecule has 0 aliphatic carbocycles. The maximum atomic E-state index is 13.3. The van der Waals surface area contributed by atoms with Crippen LogP contribution < -0.4 is 0 Å². The molecule has 1 amide bonds. The summed E-state index contributed by atoms with van der Waals surface area (Å²) in [5, 5.41) is 9.69. The monoisotopic (exact) mass is 389 g/mol. The highest BCUT2D eigenvalue weighted by atomic mass is 16.5. The summed E-state index contributed by atoms with van der Waals surface area (Å²) in [7, 11) is 0. The summed E-state index contributed by atoms with van der Waals surface area (Å²) in [5.74, 6) is 0.495. The molecule has 1 aliphatic heterocycles. The number of H-pyrrole nitrogens is 1. The van der Waals surface area contributed by atoms with E-state index in [4.69, 9.17) is 4.52 Å². The maximum absolute atomic E-state index is 13.3. The second-order valence-corrected chi connectivity index (χ2v) is 7.88. The third-order valence-corrected chi connectivity index (χ3v) is 5.61. The lowest BCUT2D eigenvalue weighted by molar-refractivity contribution is 0.0681. The van der Waals surface area contributed by atoms with Gasteiger partial charge in [-0.1, -0.05) is 23.4 Å². The fraction of sp³-hybridized carbons (Fsp3) is 0.318. The van der Waals surface area contributed by atoms with Crippen LogP contribution in [-0.2, 0) is 6.42 Å². The molecule has 1 N–H and O–H groups in total. The van der Waals surface area contributed by atoms with Gasteiger partial charge in [-0.2, -0.15) is 5.10 Å². The molecule has 0 saturated carbocycles. The molecule has 5 rings (SSSR count). The minimum atomic E-state index is -0.247. The maximum Gasteiger partial charge on any atom is 0.276 e. The van der Waals surface area contributed by atoms with Gasteiger partial charge in [-0.25, -0.2) is 0 Å². The molecular weight excluding hydrogens is 366 g/mol. The van der Waals surface area contributed by atoms with Crippen LogP contribution in [0.15, 0.2) is 47.2 Å². The van der Waals surface area contributed by atoms with Crippen LogP contribution in [0.5, 0.6) is 0 Å². The Morgan fingerprint density at radius 2 is 2.14 bits per heavy atom. The van der Waals surface area contributed by atoms with Crippen molar-refractivity contribution in [2.24, 2.45) is 0 Å². The van der Waals surface area contributed by atoms with E-state index in [-0.39, 0.29) is 18.0 Å². The molecule has 0 radical (unpaired) electrons. The predicted octanol–water partition coefficient (Wildman–Crippen LogP) is 4.03. The molecule has 0 spiro atoms.